The van der Waals surface area contributed by atoms with Gasteiger partial charge in [-0.3, -0.25) is 5.43 Å². The van der Waals surface area contributed by atoms with Gasteiger partial charge in [0, 0.05) is 0 Å². The summed E-state index contributed by atoms with van der Waals surface area (Å²) in [5, 5.41) is 25.5. The summed E-state index contributed by atoms with van der Waals surface area (Å²) in [4.78, 5) is -0.223. The van der Waals surface area contributed by atoms with Crippen LogP contribution >= 0.6 is 0 Å². The molecule has 0 aliphatic rings. The van der Waals surface area contributed by atoms with E-state index in [1.54, 1.807) is 0 Å². The van der Waals surface area contributed by atoms with Gasteiger partial charge >= 0.3 is 6.18 Å². The van der Waals surface area contributed by atoms with Crippen molar-refractivity contribution in [2.45, 2.75) is 11.1 Å². The van der Waals surface area contributed by atoms with Crippen LogP contribution in [0.15, 0.2) is 52.5 Å². The number of halogens is 3. The van der Waals surface area contributed by atoms with Crippen LogP contribution in [0.3, 0.4) is 0 Å². The highest BCUT2D eigenvalue weighted by atomic mass is 32.2. The smallest absolute Gasteiger partial charge is 0.420 e. The minimum atomic E-state index is -4.79. The first-order valence-corrected chi connectivity index (χ1v) is 8.75. The SMILES string of the molecule is N#CC(C#N)=NNc1ccc(Oc2ccc(S(N)(=O)=O)cc2)c(C(F)(F)F)c1. The van der Waals surface area contributed by atoms with Gasteiger partial charge in [-0.15, -0.1) is 0 Å². The van der Waals surface area contributed by atoms with Gasteiger partial charge in [0.2, 0.25) is 15.7 Å². The molecule has 12 heteroatoms. The van der Waals surface area contributed by atoms with Crippen LogP contribution in [0.1, 0.15) is 5.56 Å². The number of primary sulfonamides is 1. The highest BCUT2D eigenvalue weighted by molar-refractivity contribution is 7.89. The van der Waals surface area contributed by atoms with Crippen molar-refractivity contribution in [1.29, 1.82) is 10.5 Å². The molecule has 28 heavy (non-hydrogen) atoms. The van der Waals surface area contributed by atoms with Gasteiger partial charge in [0.25, 0.3) is 0 Å². The summed E-state index contributed by atoms with van der Waals surface area (Å²) in [6, 6.07) is 10.3. The maximum Gasteiger partial charge on any atom is 0.420 e. The molecule has 0 atom stereocenters. The van der Waals surface area contributed by atoms with Gasteiger partial charge in [0.15, 0.2) is 0 Å². The average Bonchev–Trinajstić information content (AvgIpc) is 2.62. The monoisotopic (exact) mass is 409 g/mol. The molecule has 0 fully saturated rings. The Kier molecular flexibility index (Phi) is 5.88. The molecule has 0 aromatic heterocycles. The number of hydrazone groups is 1. The molecule has 144 valence electrons. The summed E-state index contributed by atoms with van der Waals surface area (Å²) >= 11 is 0. The average molecular weight is 409 g/mol. The summed E-state index contributed by atoms with van der Waals surface area (Å²) in [5.41, 5.74) is 0.329. The van der Waals surface area contributed by atoms with Crippen molar-refractivity contribution in [3.63, 3.8) is 0 Å². The zero-order valence-electron chi connectivity index (χ0n) is 13.7. The fourth-order valence-corrected chi connectivity index (χ4v) is 2.45. The summed E-state index contributed by atoms with van der Waals surface area (Å²) in [5.74, 6) is -0.598. The van der Waals surface area contributed by atoms with Gasteiger partial charge in [0.1, 0.15) is 29.2 Å². The van der Waals surface area contributed by atoms with Crippen LogP contribution in [0.25, 0.3) is 0 Å². The van der Waals surface area contributed by atoms with Crippen LogP contribution in [-0.4, -0.2) is 14.1 Å². The third kappa shape index (κ3) is 5.20. The molecule has 2 rings (SSSR count). The van der Waals surface area contributed by atoms with Crippen LogP contribution in [-0.2, 0) is 16.2 Å². The summed E-state index contributed by atoms with van der Waals surface area (Å²) in [7, 11) is -3.95. The molecule has 0 saturated carbocycles. The Morgan fingerprint density at radius 3 is 2.21 bits per heavy atom. The highest BCUT2D eigenvalue weighted by Gasteiger charge is 2.35. The fourth-order valence-electron chi connectivity index (χ4n) is 1.93. The lowest BCUT2D eigenvalue weighted by atomic mass is 10.1. The number of sulfonamides is 1. The van der Waals surface area contributed by atoms with Gasteiger partial charge in [-0.1, -0.05) is 0 Å². The molecule has 0 bridgehead atoms. The largest absolute Gasteiger partial charge is 0.457 e. The topological polar surface area (TPSA) is 141 Å². The first-order valence-electron chi connectivity index (χ1n) is 7.20. The lowest BCUT2D eigenvalue weighted by molar-refractivity contribution is -0.138. The van der Waals surface area contributed by atoms with Crippen LogP contribution in [0, 0.1) is 22.7 Å². The van der Waals surface area contributed by atoms with Crippen molar-refractivity contribution in [3.05, 3.63) is 48.0 Å². The molecular formula is C16H10F3N5O3S. The molecule has 2 aromatic rings. The Balaban J connectivity index is 2.35. The minimum Gasteiger partial charge on any atom is -0.457 e. The number of nitriles is 2. The van der Waals surface area contributed by atoms with Gasteiger partial charge in [-0.05, 0) is 42.5 Å². The first kappa shape index (κ1) is 20.7. The fraction of sp³-hybridized carbons (Fsp3) is 0.0625. The van der Waals surface area contributed by atoms with E-state index >= 15 is 0 Å². The number of anilines is 1. The Morgan fingerprint density at radius 2 is 1.71 bits per heavy atom. The molecule has 0 unspecified atom stereocenters. The molecule has 0 spiro atoms. The van der Waals surface area contributed by atoms with Crippen LogP contribution in [0.5, 0.6) is 11.5 Å². The number of hydrogen-bond acceptors (Lipinski definition) is 7. The standard InChI is InChI=1S/C16H10F3N5O3S/c17-16(18,19)14-7-10(23-24-11(8-20)9-21)1-6-15(14)27-12-2-4-13(5-3-12)28(22,25)26/h1-7,23H,(H2,22,25,26). The normalized spacial score (nSPS) is 11.1. The molecule has 3 N–H and O–H groups in total. The molecule has 0 aliphatic heterocycles. The highest BCUT2D eigenvalue weighted by Crippen LogP contribution is 2.39. The molecular weight excluding hydrogens is 399 g/mol. The number of ether oxygens (including phenoxy) is 1. The third-order valence-electron chi connectivity index (χ3n) is 3.17. The van der Waals surface area contributed by atoms with Crippen LogP contribution in [0.2, 0.25) is 0 Å². The van der Waals surface area contributed by atoms with Gasteiger partial charge in [-0.25, -0.2) is 13.6 Å². The molecule has 0 aliphatic carbocycles. The molecule has 0 amide bonds. The van der Waals surface area contributed by atoms with E-state index in [4.69, 9.17) is 20.4 Å². The van der Waals surface area contributed by atoms with Crippen molar-refractivity contribution in [1.82, 2.24) is 0 Å². The van der Waals surface area contributed by atoms with E-state index in [0.717, 1.165) is 30.3 Å². The number of nitrogens with zero attached hydrogens (tertiary/aromatic N) is 3. The second-order valence-corrected chi connectivity index (χ2v) is 6.68. The summed E-state index contributed by atoms with van der Waals surface area (Å²) < 4.78 is 67.6. The maximum absolute atomic E-state index is 13.3. The lowest BCUT2D eigenvalue weighted by Crippen LogP contribution is -2.11. The van der Waals surface area contributed by atoms with Crippen molar-refractivity contribution < 1.29 is 26.3 Å². The summed E-state index contributed by atoms with van der Waals surface area (Å²) in [6.45, 7) is 0. The molecule has 0 radical (unpaired) electrons. The zero-order chi connectivity index (χ0) is 20.9. The second kappa shape index (κ2) is 7.96. The van der Waals surface area contributed by atoms with Crippen molar-refractivity contribution in [3.8, 4) is 23.6 Å². The molecule has 0 saturated heterocycles. The van der Waals surface area contributed by atoms with E-state index in [9.17, 15) is 21.6 Å². The predicted octanol–water partition coefficient (Wildman–Crippen LogP) is 2.96. The van der Waals surface area contributed by atoms with Crippen LogP contribution < -0.4 is 15.3 Å². The second-order valence-electron chi connectivity index (χ2n) is 5.12. The number of nitrogens with one attached hydrogen (secondary N) is 1. The Morgan fingerprint density at radius 1 is 1.11 bits per heavy atom. The van der Waals surface area contributed by atoms with Crippen molar-refractivity contribution in [2.24, 2.45) is 10.2 Å². The summed E-state index contributed by atoms with van der Waals surface area (Å²) in [6.07, 6.45) is -4.79. The number of nitrogens with two attached hydrogens (primary N) is 1. The van der Waals surface area contributed by atoms with E-state index < -0.39 is 33.2 Å². The van der Waals surface area contributed by atoms with Crippen LogP contribution in [0.4, 0.5) is 18.9 Å². The maximum atomic E-state index is 13.3. The minimum absolute atomic E-state index is 0.0483. The van der Waals surface area contributed by atoms with Gasteiger partial charge in [0.05, 0.1) is 10.6 Å². The lowest BCUT2D eigenvalue weighted by Gasteiger charge is -2.15. The number of alkyl halides is 3. The van der Waals surface area contributed by atoms with E-state index in [1.807, 2.05) is 0 Å². The Labute approximate surface area is 157 Å². The Hall–Kier alpha value is -3.61. The van der Waals surface area contributed by atoms with Gasteiger partial charge in [-0.2, -0.15) is 28.8 Å². The first-order chi connectivity index (χ1) is 13.0. The van der Waals surface area contributed by atoms with Gasteiger partial charge < -0.3 is 4.74 Å². The molecule has 0 heterocycles. The number of hydrogen-bond donors (Lipinski definition) is 2. The van der Waals surface area contributed by atoms with Crippen molar-refractivity contribution >= 4 is 21.4 Å². The molecule has 8 nitrogen and oxygen atoms in total. The van der Waals surface area contributed by atoms with Crippen molar-refractivity contribution in [2.75, 3.05) is 5.43 Å². The zero-order valence-corrected chi connectivity index (χ0v) is 14.5. The number of rotatable bonds is 5. The van der Waals surface area contributed by atoms with E-state index in [-0.39, 0.29) is 16.3 Å². The molecule has 2 aromatic carbocycles. The van der Waals surface area contributed by atoms with E-state index in [0.29, 0.717) is 6.07 Å². The Bertz CT molecular complexity index is 1080. The third-order valence-corrected chi connectivity index (χ3v) is 4.10. The van der Waals surface area contributed by atoms with E-state index in [2.05, 4.69) is 10.5 Å². The van der Waals surface area contributed by atoms with E-state index in [1.165, 1.54) is 18.2 Å². The predicted molar refractivity (Wildman–Crippen MR) is 91.6 cm³/mol. The quantitative estimate of drug-likeness (QED) is 0.574. The number of benzene rings is 2.